The Bertz CT molecular complexity index is 1570. The van der Waals surface area contributed by atoms with Crippen molar-refractivity contribution in [1.82, 2.24) is 0 Å². The molecule has 0 aromatic heterocycles. The molecule has 1 fully saturated rings. The third-order valence-electron chi connectivity index (χ3n) is 7.37. The molecule has 1 atom stereocenters. The van der Waals surface area contributed by atoms with Crippen molar-refractivity contribution in [3.63, 3.8) is 0 Å². The van der Waals surface area contributed by atoms with Crippen LogP contribution in [-0.4, -0.2) is 31.6 Å². The third kappa shape index (κ3) is 4.81. The molecular formula is C27H22F5NO5S. The van der Waals surface area contributed by atoms with Gasteiger partial charge in [0, 0.05) is 11.5 Å². The van der Waals surface area contributed by atoms with Crippen LogP contribution in [-0.2, 0) is 21.0 Å². The molecule has 5 rings (SSSR count). The Morgan fingerprint density at radius 2 is 1.77 bits per heavy atom. The number of ether oxygens (including phenoxy) is 1. The second-order valence-electron chi connectivity index (χ2n) is 9.96. The highest BCUT2D eigenvalue weighted by molar-refractivity contribution is 7.92. The van der Waals surface area contributed by atoms with Crippen LogP contribution >= 0.6 is 0 Å². The molecule has 0 spiro atoms. The molecule has 2 aliphatic rings. The van der Waals surface area contributed by atoms with Crippen LogP contribution in [0.4, 0.5) is 27.6 Å². The number of hydrogen-bond acceptors (Lipinski definition) is 4. The smallest absolute Gasteiger partial charge is 0.416 e. The maximum absolute atomic E-state index is 14.5. The summed E-state index contributed by atoms with van der Waals surface area (Å²) in [5.41, 5.74) is -2.46. The average molecular weight is 568 g/mol. The zero-order valence-corrected chi connectivity index (χ0v) is 21.2. The van der Waals surface area contributed by atoms with Gasteiger partial charge in [0.1, 0.15) is 23.0 Å². The second kappa shape index (κ2) is 9.22. The highest BCUT2D eigenvalue weighted by Crippen LogP contribution is 2.50. The van der Waals surface area contributed by atoms with Gasteiger partial charge in [-0.05, 0) is 73.9 Å². The number of alkyl halides is 3. The number of sulfonamides is 1. The van der Waals surface area contributed by atoms with Crippen molar-refractivity contribution in [1.29, 1.82) is 0 Å². The summed E-state index contributed by atoms with van der Waals surface area (Å²) in [5.74, 6) is -3.39. The van der Waals surface area contributed by atoms with E-state index in [1.54, 1.807) is 6.92 Å². The molecule has 1 heterocycles. The molecule has 1 unspecified atom stereocenters. The number of hydrogen-bond donors (Lipinski definition) is 1. The van der Waals surface area contributed by atoms with E-state index in [4.69, 9.17) is 4.74 Å². The van der Waals surface area contributed by atoms with Crippen molar-refractivity contribution in [2.24, 2.45) is 11.8 Å². The molecule has 3 aromatic rings. The molecule has 0 saturated heterocycles. The quantitative estimate of drug-likeness (QED) is 0.377. The lowest BCUT2D eigenvalue weighted by Crippen LogP contribution is -2.58. The van der Waals surface area contributed by atoms with Gasteiger partial charge >= 0.3 is 12.1 Å². The van der Waals surface area contributed by atoms with Crippen molar-refractivity contribution in [3.8, 4) is 16.9 Å². The lowest BCUT2D eigenvalue weighted by atomic mass is 9.66. The predicted molar refractivity (Wildman–Crippen MR) is 131 cm³/mol. The number of rotatable bonds is 5. The monoisotopic (exact) mass is 567 g/mol. The Morgan fingerprint density at radius 3 is 2.44 bits per heavy atom. The van der Waals surface area contributed by atoms with Crippen LogP contribution in [0.1, 0.15) is 25.3 Å². The first-order valence-corrected chi connectivity index (χ1v) is 13.3. The van der Waals surface area contributed by atoms with E-state index in [0.29, 0.717) is 6.07 Å². The number of anilines is 1. The minimum Gasteiger partial charge on any atom is -0.483 e. The van der Waals surface area contributed by atoms with E-state index < -0.39 is 55.8 Å². The van der Waals surface area contributed by atoms with Gasteiger partial charge in [0.05, 0.1) is 28.6 Å². The summed E-state index contributed by atoms with van der Waals surface area (Å²) < 4.78 is 103. The van der Waals surface area contributed by atoms with Crippen LogP contribution in [0.3, 0.4) is 0 Å². The molecule has 206 valence electrons. The summed E-state index contributed by atoms with van der Waals surface area (Å²) in [7, 11) is -4.62. The molecule has 0 radical (unpaired) electrons. The summed E-state index contributed by atoms with van der Waals surface area (Å²) >= 11 is 0. The van der Waals surface area contributed by atoms with Crippen molar-refractivity contribution in [3.05, 3.63) is 77.9 Å². The van der Waals surface area contributed by atoms with E-state index in [1.807, 2.05) is 0 Å². The number of halogens is 5. The number of fused-ring (bicyclic) bond motifs is 1. The molecular weight excluding hydrogens is 545 g/mol. The molecule has 6 nitrogen and oxygen atoms in total. The Hall–Kier alpha value is -3.67. The number of benzene rings is 3. The Balaban J connectivity index is 1.63. The summed E-state index contributed by atoms with van der Waals surface area (Å²) in [6.45, 7) is 1.28. The van der Waals surface area contributed by atoms with Gasteiger partial charge in [0.2, 0.25) is 0 Å². The standard InChI is InChI=1S/C27H22F5NO5S/c1-26(18-9-16(10-18)25(34)35)14-33(39(36,37)20-4-2-3-17(12-20)27(30,31)32)23-11-15(5-8-24(23)38-26)21-13-19(28)6-7-22(21)29/h2-8,11-13,16,18H,9-10,14H2,1H3,(H,34,35). The molecule has 3 aromatic carbocycles. The van der Waals surface area contributed by atoms with E-state index in [9.17, 15) is 40.3 Å². The number of carbonyl (C=O) groups is 1. The maximum atomic E-state index is 14.5. The van der Waals surface area contributed by atoms with Gasteiger partial charge in [-0.3, -0.25) is 9.10 Å². The molecule has 0 bridgehead atoms. The normalized spacial score (nSPS) is 23.0. The average Bonchev–Trinajstić information content (AvgIpc) is 2.83. The predicted octanol–water partition coefficient (Wildman–Crippen LogP) is 6.11. The fraction of sp³-hybridized carbons (Fsp3) is 0.296. The molecule has 1 aliphatic carbocycles. The van der Waals surface area contributed by atoms with Gasteiger partial charge in [-0.15, -0.1) is 0 Å². The highest BCUT2D eigenvalue weighted by Gasteiger charge is 2.52. The lowest BCUT2D eigenvalue weighted by molar-refractivity contribution is -0.150. The minimum absolute atomic E-state index is 0.0543. The third-order valence-corrected chi connectivity index (χ3v) is 9.12. The summed E-state index contributed by atoms with van der Waals surface area (Å²) in [5, 5.41) is 9.30. The number of carboxylic acid groups (broad SMARTS) is 1. The van der Waals surface area contributed by atoms with Gasteiger partial charge in [-0.1, -0.05) is 12.1 Å². The molecule has 39 heavy (non-hydrogen) atoms. The minimum atomic E-state index is -4.79. The SMILES string of the molecule is CC1(C2CC(C(=O)O)C2)CN(S(=O)(=O)c2cccc(C(F)(F)F)c2)c2cc(-c3cc(F)ccc3F)ccc2O1. The second-order valence-corrected chi connectivity index (χ2v) is 11.8. The molecule has 1 N–H and O–H groups in total. The zero-order valence-electron chi connectivity index (χ0n) is 20.4. The van der Waals surface area contributed by atoms with E-state index in [1.165, 1.54) is 18.2 Å². The van der Waals surface area contributed by atoms with E-state index in [-0.39, 0.29) is 47.9 Å². The van der Waals surface area contributed by atoms with Gasteiger partial charge in [0.25, 0.3) is 10.0 Å². The zero-order chi connectivity index (χ0) is 28.3. The number of nitrogens with zero attached hydrogens (tertiary/aromatic N) is 1. The van der Waals surface area contributed by atoms with Gasteiger partial charge in [-0.25, -0.2) is 17.2 Å². The van der Waals surface area contributed by atoms with Crippen molar-refractivity contribution in [2.45, 2.75) is 36.4 Å². The molecule has 12 heteroatoms. The molecule has 0 amide bonds. The largest absolute Gasteiger partial charge is 0.483 e. The molecule has 1 aliphatic heterocycles. The molecule has 1 saturated carbocycles. The van der Waals surface area contributed by atoms with Crippen LogP contribution in [0, 0.1) is 23.5 Å². The van der Waals surface area contributed by atoms with Crippen molar-refractivity contribution < 1.29 is 45.0 Å². The fourth-order valence-corrected chi connectivity index (χ4v) is 6.65. The van der Waals surface area contributed by atoms with E-state index in [2.05, 4.69) is 0 Å². The van der Waals surface area contributed by atoms with Crippen molar-refractivity contribution >= 4 is 21.7 Å². The first-order chi connectivity index (χ1) is 18.2. The summed E-state index contributed by atoms with van der Waals surface area (Å²) in [6.07, 6.45) is -4.33. The van der Waals surface area contributed by atoms with E-state index in [0.717, 1.165) is 40.7 Å². The van der Waals surface area contributed by atoms with Gasteiger partial charge in [0.15, 0.2) is 0 Å². The first-order valence-electron chi connectivity index (χ1n) is 11.9. The van der Waals surface area contributed by atoms with Crippen molar-refractivity contribution in [2.75, 3.05) is 10.8 Å². The maximum Gasteiger partial charge on any atom is 0.416 e. The van der Waals surface area contributed by atoms with Crippen LogP contribution in [0.5, 0.6) is 5.75 Å². The van der Waals surface area contributed by atoms with Crippen LogP contribution in [0.25, 0.3) is 11.1 Å². The van der Waals surface area contributed by atoms with Gasteiger partial charge in [-0.2, -0.15) is 13.2 Å². The highest BCUT2D eigenvalue weighted by atomic mass is 32.2. The first kappa shape index (κ1) is 26.9. The lowest BCUT2D eigenvalue weighted by Gasteiger charge is -2.50. The topological polar surface area (TPSA) is 83.9 Å². The fourth-order valence-electron chi connectivity index (χ4n) is 5.04. The van der Waals surface area contributed by atoms with E-state index >= 15 is 0 Å². The number of carboxylic acids is 1. The van der Waals surface area contributed by atoms with Crippen LogP contribution in [0.15, 0.2) is 65.6 Å². The summed E-state index contributed by atoms with van der Waals surface area (Å²) in [4.78, 5) is 10.7. The van der Waals surface area contributed by atoms with Gasteiger partial charge < -0.3 is 9.84 Å². The number of aliphatic carboxylic acids is 1. The Morgan fingerprint density at radius 1 is 1.05 bits per heavy atom. The summed E-state index contributed by atoms with van der Waals surface area (Å²) in [6, 6.07) is 10.2. The Kier molecular flexibility index (Phi) is 6.36. The van der Waals surface area contributed by atoms with Crippen LogP contribution < -0.4 is 9.04 Å². The van der Waals surface area contributed by atoms with Crippen LogP contribution in [0.2, 0.25) is 0 Å². The Labute approximate surface area is 220 Å².